The molecular formula is C15H21N3O3. The number of ether oxygens (including phenoxy) is 1. The van der Waals surface area contributed by atoms with E-state index in [9.17, 15) is 10.1 Å². The van der Waals surface area contributed by atoms with Crippen LogP contribution >= 0.6 is 0 Å². The van der Waals surface area contributed by atoms with Gasteiger partial charge >= 0.3 is 5.69 Å². The molecule has 0 spiro atoms. The van der Waals surface area contributed by atoms with Gasteiger partial charge in [-0.2, -0.15) is 0 Å². The molecule has 1 aromatic carbocycles. The molecule has 0 amide bonds. The van der Waals surface area contributed by atoms with Crippen molar-refractivity contribution in [3.05, 3.63) is 28.3 Å². The summed E-state index contributed by atoms with van der Waals surface area (Å²) < 4.78 is 5.14. The smallest absolute Gasteiger partial charge is 0.311 e. The number of nitro benzene ring substituents is 1. The predicted octanol–water partition coefficient (Wildman–Crippen LogP) is 2.14. The van der Waals surface area contributed by atoms with Gasteiger partial charge in [0, 0.05) is 50.5 Å². The summed E-state index contributed by atoms with van der Waals surface area (Å²) in [6, 6.07) is 5.12. The largest absolute Gasteiger partial charge is 0.490 e. The highest BCUT2D eigenvalue weighted by molar-refractivity contribution is 5.59. The molecule has 2 fully saturated rings. The molecule has 2 aliphatic rings. The van der Waals surface area contributed by atoms with Crippen LogP contribution in [-0.4, -0.2) is 49.7 Å². The highest BCUT2D eigenvalue weighted by Gasteiger charge is 2.27. The van der Waals surface area contributed by atoms with Crippen LogP contribution in [0.4, 0.5) is 11.4 Å². The molecule has 1 saturated carbocycles. The van der Waals surface area contributed by atoms with Gasteiger partial charge in [-0.25, -0.2) is 0 Å². The number of hydrogen-bond donors (Lipinski definition) is 0. The number of piperazine rings is 1. The van der Waals surface area contributed by atoms with Crippen molar-refractivity contribution in [2.45, 2.75) is 12.8 Å². The van der Waals surface area contributed by atoms with Gasteiger partial charge in [-0.15, -0.1) is 0 Å². The first-order valence-electron chi connectivity index (χ1n) is 7.47. The maximum absolute atomic E-state index is 10.9. The molecular weight excluding hydrogens is 270 g/mol. The second-order valence-corrected chi connectivity index (χ2v) is 5.84. The molecule has 0 unspecified atom stereocenters. The first-order chi connectivity index (χ1) is 10.2. The third-order valence-electron chi connectivity index (χ3n) is 4.31. The highest BCUT2D eigenvalue weighted by Crippen LogP contribution is 2.33. The van der Waals surface area contributed by atoms with Gasteiger partial charge in [0.25, 0.3) is 0 Å². The number of nitrogens with zero attached hydrogens (tertiary/aromatic N) is 3. The zero-order chi connectivity index (χ0) is 14.8. The molecule has 0 bridgehead atoms. The highest BCUT2D eigenvalue weighted by atomic mass is 16.6. The first kappa shape index (κ1) is 14.1. The standard InChI is InChI=1S/C15H21N3O3/c1-21-15-10-13(4-5-14(15)18(19)20)17-8-6-16(7-9-17)11-12-2-3-12/h4-5,10,12H,2-3,6-9,11H2,1H3. The van der Waals surface area contributed by atoms with Gasteiger partial charge in [0.05, 0.1) is 12.0 Å². The minimum absolute atomic E-state index is 0.0219. The van der Waals surface area contributed by atoms with Gasteiger partial charge in [-0.05, 0) is 24.8 Å². The Labute approximate surface area is 124 Å². The van der Waals surface area contributed by atoms with Gasteiger partial charge in [-0.3, -0.25) is 15.0 Å². The summed E-state index contributed by atoms with van der Waals surface area (Å²) in [6.07, 6.45) is 2.78. The summed E-state index contributed by atoms with van der Waals surface area (Å²) in [5, 5.41) is 10.9. The molecule has 21 heavy (non-hydrogen) atoms. The fourth-order valence-electron chi connectivity index (χ4n) is 2.87. The second kappa shape index (κ2) is 5.89. The first-order valence-corrected chi connectivity index (χ1v) is 7.47. The molecule has 0 atom stereocenters. The quantitative estimate of drug-likeness (QED) is 0.614. The topological polar surface area (TPSA) is 58.8 Å². The number of benzene rings is 1. The van der Waals surface area contributed by atoms with Crippen LogP contribution in [-0.2, 0) is 0 Å². The summed E-state index contributed by atoms with van der Waals surface area (Å²) in [4.78, 5) is 15.3. The van der Waals surface area contributed by atoms with Gasteiger partial charge < -0.3 is 9.64 Å². The van der Waals surface area contributed by atoms with Crippen molar-refractivity contribution in [2.24, 2.45) is 5.92 Å². The van der Waals surface area contributed by atoms with E-state index in [1.165, 1.54) is 32.6 Å². The van der Waals surface area contributed by atoms with Crippen LogP contribution < -0.4 is 9.64 Å². The summed E-state index contributed by atoms with van der Waals surface area (Å²) in [5.74, 6) is 1.26. The minimum atomic E-state index is -0.407. The van der Waals surface area contributed by atoms with Crippen molar-refractivity contribution in [1.29, 1.82) is 0 Å². The SMILES string of the molecule is COc1cc(N2CCN(CC3CC3)CC2)ccc1[N+](=O)[O-]. The average molecular weight is 291 g/mol. The van der Waals surface area contributed by atoms with Gasteiger partial charge in [0.15, 0.2) is 5.75 Å². The second-order valence-electron chi connectivity index (χ2n) is 5.84. The maximum Gasteiger partial charge on any atom is 0.311 e. The van der Waals surface area contributed by atoms with Crippen LogP contribution in [0.1, 0.15) is 12.8 Å². The third-order valence-corrected chi connectivity index (χ3v) is 4.31. The summed E-state index contributed by atoms with van der Waals surface area (Å²) in [7, 11) is 1.47. The van der Waals surface area contributed by atoms with E-state index in [1.54, 1.807) is 6.07 Å². The van der Waals surface area contributed by atoms with E-state index in [0.717, 1.165) is 37.8 Å². The molecule has 1 heterocycles. The normalized spacial score (nSPS) is 19.6. The molecule has 3 rings (SSSR count). The van der Waals surface area contributed by atoms with Gasteiger partial charge in [0.1, 0.15) is 0 Å². The van der Waals surface area contributed by atoms with E-state index in [-0.39, 0.29) is 5.69 Å². The van der Waals surface area contributed by atoms with Crippen molar-refractivity contribution in [2.75, 3.05) is 44.7 Å². The van der Waals surface area contributed by atoms with Crippen molar-refractivity contribution in [3.8, 4) is 5.75 Å². The van der Waals surface area contributed by atoms with Gasteiger partial charge in [0.2, 0.25) is 0 Å². The van der Waals surface area contributed by atoms with Crippen LogP contribution in [0.3, 0.4) is 0 Å². The molecule has 0 aromatic heterocycles. The minimum Gasteiger partial charge on any atom is -0.490 e. The Morgan fingerprint density at radius 3 is 2.57 bits per heavy atom. The molecule has 1 saturated heterocycles. The number of rotatable bonds is 5. The molecule has 1 aliphatic heterocycles. The third kappa shape index (κ3) is 3.26. The molecule has 114 valence electrons. The van der Waals surface area contributed by atoms with E-state index in [4.69, 9.17) is 4.74 Å². The number of hydrogen-bond acceptors (Lipinski definition) is 5. The monoisotopic (exact) mass is 291 g/mol. The molecule has 0 N–H and O–H groups in total. The Bertz CT molecular complexity index is 523. The fraction of sp³-hybridized carbons (Fsp3) is 0.600. The van der Waals surface area contributed by atoms with Crippen LogP contribution in [0.15, 0.2) is 18.2 Å². The van der Waals surface area contributed by atoms with Gasteiger partial charge in [-0.1, -0.05) is 0 Å². The lowest BCUT2D eigenvalue weighted by molar-refractivity contribution is -0.385. The molecule has 1 aliphatic carbocycles. The number of nitro groups is 1. The number of methoxy groups -OCH3 is 1. The van der Waals surface area contributed by atoms with Crippen LogP contribution in [0.2, 0.25) is 0 Å². The Morgan fingerprint density at radius 2 is 2.00 bits per heavy atom. The summed E-state index contributed by atoms with van der Waals surface area (Å²) in [5.41, 5.74) is 1.03. The van der Waals surface area contributed by atoms with Crippen molar-refractivity contribution in [1.82, 2.24) is 4.90 Å². The lowest BCUT2D eigenvalue weighted by Crippen LogP contribution is -2.47. The van der Waals surface area contributed by atoms with E-state index in [1.807, 2.05) is 6.07 Å². The molecule has 0 radical (unpaired) electrons. The number of anilines is 1. The average Bonchev–Trinajstić information content (AvgIpc) is 3.31. The molecule has 6 nitrogen and oxygen atoms in total. The van der Waals surface area contributed by atoms with Crippen LogP contribution in [0.5, 0.6) is 5.75 Å². The van der Waals surface area contributed by atoms with Crippen molar-refractivity contribution in [3.63, 3.8) is 0 Å². The van der Waals surface area contributed by atoms with E-state index < -0.39 is 4.92 Å². The van der Waals surface area contributed by atoms with Crippen molar-refractivity contribution >= 4 is 11.4 Å². The Balaban J connectivity index is 1.65. The Kier molecular flexibility index (Phi) is 3.96. The summed E-state index contributed by atoms with van der Waals surface area (Å²) in [6.45, 7) is 5.30. The fourth-order valence-corrected chi connectivity index (χ4v) is 2.87. The Hall–Kier alpha value is -1.82. The van der Waals surface area contributed by atoms with Crippen LogP contribution in [0, 0.1) is 16.0 Å². The summed E-state index contributed by atoms with van der Waals surface area (Å²) >= 11 is 0. The van der Waals surface area contributed by atoms with Crippen molar-refractivity contribution < 1.29 is 9.66 Å². The lowest BCUT2D eigenvalue weighted by Gasteiger charge is -2.36. The Morgan fingerprint density at radius 1 is 1.29 bits per heavy atom. The lowest BCUT2D eigenvalue weighted by atomic mass is 10.2. The zero-order valence-corrected chi connectivity index (χ0v) is 12.3. The maximum atomic E-state index is 10.9. The van der Waals surface area contributed by atoms with Crippen LogP contribution in [0.25, 0.3) is 0 Å². The zero-order valence-electron chi connectivity index (χ0n) is 12.3. The predicted molar refractivity (Wildman–Crippen MR) is 81.0 cm³/mol. The van der Waals surface area contributed by atoms with E-state index in [2.05, 4.69) is 9.80 Å². The molecule has 1 aromatic rings. The molecule has 6 heteroatoms. The van der Waals surface area contributed by atoms with E-state index >= 15 is 0 Å². The van der Waals surface area contributed by atoms with E-state index in [0.29, 0.717) is 5.75 Å².